The zero-order valence-corrected chi connectivity index (χ0v) is 13.5. The van der Waals surface area contributed by atoms with Gasteiger partial charge in [0.25, 0.3) is 5.91 Å². The number of benzene rings is 2. The Hall–Kier alpha value is -2.79. The summed E-state index contributed by atoms with van der Waals surface area (Å²) >= 11 is 0. The molecule has 0 aliphatic carbocycles. The number of aromatic nitrogens is 1. The molecule has 1 atom stereocenters. The second-order valence-electron chi connectivity index (χ2n) is 5.60. The molecule has 0 aliphatic rings. The summed E-state index contributed by atoms with van der Waals surface area (Å²) in [6.45, 7) is 0.451. The van der Waals surface area contributed by atoms with Crippen LogP contribution in [0.2, 0.25) is 0 Å². The van der Waals surface area contributed by atoms with Gasteiger partial charge in [-0.2, -0.15) is 0 Å². The maximum atomic E-state index is 12.1. The number of amides is 1. The summed E-state index contributed by atoms with van der Waals surface area (Å²) in [6, 6.07) is 17.0. The fourth-order valence-corrected chi connectivity index (χ4v) is 2.65. The summed E-state index contributed by atoms with van der Waals surface area (Å²) in [4.78, 5) is 15.4. The van der Waals surface area contributed by atoms with E-state index in [9.17, 15) is 9.90 Å². The number of aromatic amines is 1. The smallest absolute Gasteiger partial charge is 0.253 e. The molecule has 5 heteroatoms. The number of carbonyl (C=O) groups is 1. The summed E-state index contributed by atoms with van der Waals surface area (Å²) in [5, 5.41) is 14.1. The number of rotatable bonds is 6. The van der Waals surface area contributed by atoms with Crippen LogP contribution in [0.5, 0.6) is 5.75 Å². The molecule has 1 aromatic heterocycles. The van der Waals surface area contributed by atoms with Crippen LogP contribution in [0.15, 0.2) is 54.6 Å². The molecule has 0 saturated heterocycles. The number of methoxy groups -OCH3 is 1. The number of aliphatic hydroxyl groups is 1. The Morgan fingerprint density at radius 3 is 2.83 bits per heavy atom. The summed E-state index contributed by atoms with van der Waals surface area (Å²) in [6.07, 6.45) is -0.534. The van der Waals surface area contributed by atoms with E-state index in [1.807, 2.05) is 24.3 Å². The summed E-state index contributed by atoms with van der Waals surface area (Å²) < 4.78 is 5.11. The molecule has 124 valence electrons. The average Bonchev–Trinajstić information content (AvgIpc) is 3.03. The maximum absolute atomic E-state index is 12.1. The van der Waals surface area contributed by atoms with Crippen molar-refractivity contribution in [2.24, 2.45) is 0 Å². The molecule has 2 aromatic carbocycles. The molecule has 3 N–H and O–H groups in total. The quantitative estimate of drug-likeness (QED) is 0.652. The van der Waals surface area contributed by atoms with Crippen molar-refractivity contribution in [2.45, 2.75) is 12.5 Å². The molecule has 3 aromatic rings. The number of fused-ring (bicyclic) bond motifs is 1. The van der Waals surface area contributed by atoms with Crippen LogP contribution in [-0.2, 0) is 11.2 Å². The molecule has 0 aliphatic heterocycles. The molecular weight excluding hydrogens is 304 g/mol. The Balaban J connectivity index is 1.56. The molecule has 0 radical (unpaired) electrons. The van der Waals surface area contributed by atoms with Crippen LogP contribution in [0.1, 0.15) is 17.4 Å². The van der Waals surface area contributed by atoms with Gasteiger partial charge in [0.05, 0.1) is 7.11 Å². The monoisotopic (exact) mass is 324 g/mol. The third kappa shape index (κ3) is 3.58. The van der Waals surface area contributed by atoms with Crippen LogP contribution in [0.4, 0.5) is 0 Å². The van der Waals surface area contributed by atoms with Gasteiger partial charge in [-0.1, -0.05) is 30.3 Å². The minimum Gasteiger partial charge on any atom is -0.497 e. The zero-order chi connectivity index (χ0) is 16.9. The summed E-state index contributed by atoms with van der Waals surface area (Å²) in [5.74, 6) is 0.191. The minimum absolute atomic E-state index is 0.417. The molecule has 0 bridgehead atoms. The van der Waals surface area contributed by atoms with Crippen LogP contribution in [0.25, 0.3) is 10.9 Å². The first-order valence-electron chi connectivity index (χ1n) is 7.84. The van der Waals surface area contributed by atoms with Crippen LogP contribution >= 0.6 is 0 Å². The molecule has 3 rings (SSSR count). The fourth-order valence-electron chi connectivity index (χ4n) is 2.65. The van der Waals surface area contributed by atoms with Gasteiger partial charge in [0.15, 0.2) is 6.10 Å². The third-order valence-electron chi connectivity index (χ3n) is 3.94. The molecule has 0 saturated carbocycles. The highest BCUT2D eigenvalue weighted by atomic mass is 16.5. The fraction of sp³-hybridized carbons (Fsp3) is 0.211. The predicted molar refractivity (Wildman–Crippen MR) is 93.0 cm³/mol. The minimum atomic E-state index is -1.21. The molecule has 1 unspecified atom stereocenters. The molecule has 1 heterocycles. The van der Waals surface area contributed by atoms with Crippen molar-refractivity contribution in [3.8, 4) is 5.75 Å². The van der Waals surface area contributed by atoms with Gasteiger partial charge < -0.3 is 20.1 Å². The number of para-hydroxylation sites is 1. The zero-order valence-electron chi connectivity index (χ0n) is 13.5. The Morgan fingerprint density at radius 1 is 1.21 bits per heavy atom. The number of ether oxygens (including phenoxy) is 1. The van der Waals surface area contributed by atoms with Gasteiger partial charge >= 0.3 is 0 Å². The third-order valence-corrected chi connectivity index (χ3v) is 3.94. The second kappa shape index (κ2) is 7.19. The van der Waals surface area contributed by atoms with E-state index in [1.54, 1.807) is 31.4 Å². The van der Waals surface area contributed by atoms with Crippen LogP contribution in [0.3, 0.4) is 0 Å². The van der Waals surface area contributed by atoms with E-state index < -0.39 is 12.0 Å². The van der Waals surface area contributed by atoms with Crippen molar-refractivity contribution < 1.29 is 14.6 Å². The lowest BCUT2D eigenvalue weighted by molar-refractivity contribution is -0.129. The summed E-state index contributed by atoms with van der Waals surface area (Å²) in [7, 11) is 1.55. The van der Waals surface area contributed by atoms with Crippen molar-refractivity contribution in [2.75, 3.05) is 13.7 Å². The molecule has 5 nitrogen and oxygen atoms in total. The van der Waals surface area contributed by atoms with E-state index in [2.05, 4.69) is 16.4 Å². The first-order valence-corrected chi connectivity index (χ1v) is 7.84. The van der Waals surface area contributed by atoms with Crippen molar-refractivity contribution in [1.29, 1.82) is 0 Å². The van der Waals surface area contributed by atoms with Gasteiger partial charge in [-0.3, -0.25) is 4.79 Å². The standard InChI is InChI=1S/C19H20N2O3/c1-24-16-7-4-6-14(12-16)18(22)19(23)20-10-9-15-11-13-5-2-3-8-17(13)21-15/h2-8,11-12,18,21-22H,9-10H2,1H3,(H,20,23). The van der Waals surface area contributed by atoms with Crippen LogP contribution in [-0.4, -0.2) is 29.7 Å². The highest BCUT2D eigenvalue weighted by molar-refractivity contribution is 5.82. The van der Waals surface area contributed by atoms with Gasteiger partial charge in [-0.15, -0.1) is 0 Å². The summed E-state index contributed by atoms with van der Waals surface area (Å²) in [5.41, 5.74) is 2.64. The van der Waals surface area contributed by atoms with E-state index in [1.165, 1.54) is 0 Å². The number of H-pyrrole nitrogens is 1. The van der Waals surface area contributed by atoms with Gasteiger partial charge in [0.2, 0.25) is 0 Å². The van der Waals surface area contributed by atoms with Gasteiger partial charge in [0, 0.05) is 24.2 Å². The first kappa shape index (κ1) is 16.1. The largest absolute Gasteiger partial charge is 0.497 e. The topological polar surface area (TPSA) is 74.3 Å². The second-order valence-corrected chi connectivity index (χ2v) is 5.60. The van der Waals surface area contributed by atoms with Gasteiger partial charge in [-0.05, 0) is 35.2 Å². The Kier molecular flexibility index (Phi) is 4.82. The highest BCUT2D eigenvalue weighted by Gasteiger charge is 2.17. The SMILES string of the molecule is COc1cccc(C(O)C(=O)NCCc2cc3ccccc3[nH]2)c1. The lowest BCUT2D eigenvalue weighted by Gasteiger charge is -2.12. The lowest BCUT2D eigenvalue weighted by atomic mass is 10.1. The number of hydrogen-bond donors (Lipinski definition) is 3. The van der Waals surface area contributed by atoms with E-state index in [0.29, 0.717) is 24.3 Å². The highest BCUT2D eigenvalue weighted by Crippen LogP contribution is 2.19. The Bertz CT molecular complexity index is 808. The number of hydrogen-bond acceptors (Lipinski definition) is 3. The molecule has 1 amide bonds. The first-order chi connectivity index (χ1) is 11.7. The molecule has 0 spiro atoms. The molecular formula is C19H20N2O3. The van der Waals surface area contributed by atoms with E-state index in [0.717, 1.165) is 16.6 Å². The predicted octanol–water partition coefficient (Wildman–Crippen LogP) is 2.57. The van der Waals surface area contributed by atoms with Crippen LogP contribution < -0.4 is 10.1 Å². The number of carbonyl (C=O) groups excluding carboxylic acids is 1. The molecule has 24 heavy (non-hydrogen) atoms. The van der Waals surface area contributed by atoms with E-state index in [4.69, 9.17) is 4.74 Å². The van der Waals surface area contributed by atoms with Gasteiger partial charge in [0.1, 0.15) is 5.75 Å². The Labute approximate surface area is 140 Å². The molecule has 0 fully saturated rings. The van der Waals surface area contributed by atoms with Crippen molar-refractivity contribution >= 4 is 16.8 Å². The Morgan fingerprint density at radius 2 is 2.04 bits per heavy atom. The van der Waals surface area contributed by atoms with Crippen LogP contribution in [0, 0.1) is 0 Å². The van der Waals surface area contributed by atoms with E-state index >= 15 is 0 Å². The lowest BCUT2D eigenvalue weighted by Crippen LogP contribution is -2.31. The maximum Gasteiger partial charge on any atom is 0.253 e. The van der Waals surface area contributed by atoms with Crippen molar-refractivity contribution in [3.05, 3.63) is 65.9 Å². The number of nitrogens with one attached hydrogen (secondary N) is 2. The van der Waals surface area contributed by atoms with Crippen molar-refractivity contribution in [3.63, 3.8) is 0 Å². The van der Waals surface area contributed by atoms with Gasteiger partial charge in [-0.25, -0.2) is 0 Å². The van der Waals surface area contributed by atoms with Crippen molar-refractivity contribution in [1.82, 2.24) is 10.3 Å². The van der Waals surface area contributed by atoms with E-state index in [-0.39, 0.29) is 0 Å². The number of aliphatic hydroxyl groups excluding tert-OH is 1. The average molecular weight is 324 g/mol. The normalized spacial score (nSPS) is 12.1.